The summed E-state index contributed by atoms with van der Waals surface area (Å²) < 4.78 is 1.90. The van der Waals surface area contributed by atoms with Crippen molar-refractivity contribution in [2.24, 2.45) is 0 Å². The third-order valence-electron chi connectivity index (χ3n) is 3.22. The number of nitrogens with zero attached hydrogens (tertiary/aromatic N) is 2. The number of amides is 1. The molecule has 0 bridgehead atoms. The molecule has 0 radical (unpaired) electrons. The number of aliphatic carboxylic acids is 1. The molecule has 2 heterocycles. The van der Waals surface area contributed by atoms with Crippen LogP contribution in [-0.4, -0.2) is 33.0 Å². The molecular weight excluding hydrogens is 284 g/mol. The molecule has 116 valence electrons. The van der Waals surface area contributed by atoms with E-state index in [1.54, 1.807) is 6.20 Å². The number of pyridine rings is 1. The molecule has 0 saturated heterocycles. The second-order valence-corrected chi connectivity index (χ2v) is 5.11. The Labute approximate surface area is 128 Å². The predicted molar refractivity (Wildman–Crippen MR) is 77.8 cm³/mol. The number of hydrogen-bond donors (Lipinski definition) is 3. The first-order chi connectivity index (χ1) is 10.5. The Morgan fingerprint density at radius 1 is 1.50 bits per heavy atom. The van der Waals surface area contributed by atoms with Gasteiger partial charge in [-0.15, -0.1) is 0 Å². The smallest absolute Gasteiger partial charge is 0.326 e. The molecule has 2 rings (SSSR count). The number of carbonyl (C=O) groups excluding carboxylic acids is 1. The molecule has 1 atom stereocenters. The highest BCUT2D eigenvalue weighted by atomic mass is 16.4. The molecule has 2 aromatic rings. The SMILES string of the molecule is Cc1ccc[n+](CCC(=O)N[C@@H](Cc2cnc[nH]2)C(=O)O)c1. The Morgan fingerprint density at radius 2 is 2.32 bits per heavy atom. The first-order valence-electron chi connectivity index (χ1n) is 6.99. The van der Waals surface area contributed by atoms with Gasteiger partial charge in [-0.05, 0) is 13.0 Å². The third kappa shape index (κ3) is 4.69. The van der Waals surface area contributed by atoms with Gasteiger partial charge >= 0.3 is 5.97 Å². The zero-order valence-corrected chi connectivity index (χ0v) is 12.3. The maximum atomic E-state index is 11.9. The zero-order chi connectivity index (χ0) is 15.9. The lowest BCUT2D eigenvalue weighted by atomic mass is 10.1. The van der Waals surface area contributed by atoms with Gasteiger partial charge in [0, 0.05) is 29.9 Å². The fourth-order valence-electron chi connectivity index (χ4n) is 2.11. The van der Waals surface area contributed by atoms with E-state index < -0.39 is 12.0 Å². The number of aromatic amines is 1. The van der Waals surface area contributed by atoms with Crippen molar-refractivity contribution >= 4 is 11.9 Å². The molecule has 2 aromatic heterocycles. The van der Waals surface area contributed by atoms with Crippen LogP contribution in [0.15, 0.2) is 37.1 Å². The lowest BCUT2D eigenvalue weighted by molar-refractivity contribution is -0.696. The number of aryl methyl sites for hydroxylation is 2. The number of carbonyl (C=O) groups is 2. The summed E-state index contributed by atoms with van der Waals surface area (Å²) in [4.78, 5) is 29.8. The van der Waals surface area contributed by atoms with Gasteiger partial charge in [0.15, 0.2) is 18.9 Å². The van der Waals surface area contributed by atoms with Crippen molar-refractivity contribution in [3.63, 3.8) is 0 Å². The Bertz CT molecular complexity index is 640. The van der Waals surface area contributed by atoms with Crippen molar-refractivity contribution in [1.82, 2.24) is 15.3 Å². The summed E-state index contributed by atoms with van der Waals surface area (Å²) in [6.07, 6.45) is 7.24. The molecule has 7 heteroatoms. The summed E-state index contributed by atoms with van der Waals surface area (Å²) in [6.45, 7) is 2.48. The van der Waals surface area contributed by atoms with Crippen molar-refractivity contribution in [1.29, 1.82) is 0 Å². The highest BCUT2D eigenvalue weighted by molar-refractivity contribution is 5.83. The predicted octanol–water partition coefficient (Wildman–Crippen LogP) is 0.208. The van der Waals surface area contributed by atoms with Crippen molar-refractivity contribution in [3.05, 3.63) is 48.3 Å². The lowest BCUT2D eigenvalue weighted by Gasteiger charge is -2.13. The van der Waals surface area contributed by atoms with E-state index >= 15 is 0 Å². The van der Waals surface area contributed by atoms with E-state index in [0.717, 1.165) is 5.56 Å². The van der Waals surface area contributed by atoms with E-state index in [4.69, 9.17) is 0 Å². The first kappa shape index (κ1) is 15.7. The number of carboxylic acids is 1. The molecule has 7 nitrogen and oxygen atoms in total. The number of aromatic nitrogens is 3. The maximum Gasteiger partial charge on any atom is 0.326 e. The molecule has 0 unspecified atom stereocenters. The van der Waals surface area contributed by atoms with Crippen molar-refractivity contribution in [2.45, 2.75) is 32.4 Å². The number of carboxylic acid groups (broad SMARTS) is 1. The van der Waals surface area contributed by atoms with Crippen LogP contribution in [0.25, 0.3) is 0 Å². The second-order valence-electron chi connectivity index (χ2n) is 5.11. The summed E-state index contributed by atoms with van der Waals surface area (Å²) in [7, 11) is 0. The normalized spacial score (nSPS) is 11.9. The minimum Gasteiger partial charge on any atom is -0.480 e. The van der Waals surface area contributed by atoms with Crippen LogP contribution in [0, 0.1) is 6.92 Å². The average molecular weight is 303 g/mol. The Balaban J connectivity index is 1.87. The highest BCUT2D eigenvalue weighted by Crippen LogP contribution is 1.99. The topological polar surface area (TPSA) is 99.0 Å². The van der Waals surface area contributed by atoms with Crippen LogP contribution in [0.2, 0.25) is 0 Å². The van der Waals surface area contributed by atoms with E-state index in [-0.39, 0.29) is 18.7 Å². The number of rotatable bonds is 7. The van der Waals surface area contributed by atoms with Gasteiger partial charge in [-0.25, -0.2) is 14.3 Å². The van der Waals surface area contributed by atoms with Crippen LogP contribution in [0.1, 0.15) is 17.7 Å². The molecule has 22 heavy (non-hydrogen) atoms. The minimum atomic E-state index is -1.06. The van der Waals surface area contributed by atoms with Gasteiger partial charge in [0.25, 0.3) is 0 Å². The largest absolute Gasteiger partial charge is 0.480 e. The molecule has 0 aliphatic carbocycles. The fourth-order valence-corrected chi connectivity index (χ4v) is 2.11. The van der Waals surface area contributed by atoms with Crippen LogP contribution in [0.4, 0.5) is 0 Å². The van der Waals surface area contributed by atoms with E-state index in [0.29, 0.717) is 12.2 Å². The van der Waals surface area contributed by atoms with Crippen LogP contribution < -0.4 is 9.88 Å². The third-order valence-corrected chi connectivity index (χ3v) is 3.22. The molecule has 0 spiro atoms. The van der Waals surface area contributed by atoms with Crippen LogP contribution in [-0.2, 0) is 22.6 Å². The zero-order valence-electron chi connectivity index (χ0n) is 12.3. The van der Waals surface area contributed by atoms with E-state index in [9.17, 15) is 14.7 Å². The van der Waals surface area contributed by atoms with Crippen LogP contribution >= 0.6 is 0 Å². The van der Waals surface area contributed by atoms with Gasteiger partial charge < -0.3 is 15.4 Å². The van der Waals surface area contributed by atoms with Crippen LogP contribution in [0.3, 0.4) is 0 Å². The van der Waals surface area contributed by atoms with Crippen molar-refractivity contribution < 1.29 is 19.3 Å². The minimum absolute atomic E-state index is 0.179. The van der Waals surface area contributed by atoms with Crippen molar-refractivity contribution in [3.8, 4) is 0 Å². The first-order valence-corrected chi connectivity index (χ1v) is 6.99. The molecule has 3 N–H and O–H groups in total. The Morgan fingerprint density at radius 3 is 2.95 bits per heavy atom. The average Bonchev–Trinajstić information content (AvgIpc) is 2.97. The summed E-state index contributed by atoms with van der Waals surface area (Å²) in [5.41, 5.74) is 1.77. The molecule has 0 fully saturated rings. The summed E-state index contributed by atoms with van der Waals surface area (Å²) in [5, 5.41) is 11.7. The van der Waals surface area contributed by atoms with Gasteiger partial charge in [-0.2, -0.15) is 0 Å². The van der Waals surface area contributed by atoms with Gasteiger partial charge in [-0.3, -0.25) is 4.79 Å². The van der Waals surface area contributed by atoms with Gasteiger partial charge in [0.1, 0.15) is 6.04 Å². The van der Waals surface area contributed by atoms with Gasteiger partial charge in [0.2, 0.25) is 5.91 Å². The molecule has 0 aliphatic rings. The van der Waals surface area contributed by atoms with Crippen LogP contribution in [0.5, 0.6) is 0 Å². The monoisotopic (exact) mass is 303 g/mol. The molecule has 0 aromatic carbocycles. The number of hydrogen-bond acceptors (Lipinski definition) is 3. The number of nitrogens with one attached hydrogen (secondary N) is 2. The fraction of sp³-hybridized carbons (Fsp3) is 0.333. The maximum absolute atomic E-state index is 11.9. The molecular formula is C15H19N4O3+. The number of H-pyrrole nitrogens is 1. The Hall–Kier alpha value is -2.70. The van der Waals surface area contributed by atoms with E-state index in [1.165, 1.54) is 6.33 Å². The summed E-state index contributed by atoms with van der Waals surface area (Å²) >= 11 is 0. The summed E-state index contributed by atoms with van der Waals surface area (Å²) in [5.74, 6) is -1.35. The van der Waals surface area contributed by atoms with Crippen molar-refractivity contribution in [2.75, 3.05) is 0 Å². The van der Waals surface area contributed by atoms with Gasteiger partial charge in [0.05, 0.1) is 12.7 Å². The Kier molecular flexibility index (Phi) is 5.24. The van der Waals surface area contributed by atoms with E-state index in [1.807, 2.05) is 36.0 Å². The quantitative estimate of drug-likeness (QED) is 0.637. The standard InChI is InChI=1S/C15H18N4O3/c1-11-3-2-5-19(9-11)6-4-14(20)18-13(15(21)22)7-12-8-16-10-17-12/h2-3,5,8-10,13H,4,6-7H2,1H3,(H2-,16,17,18,20,21,22)/p+1/t13-/m0/s1. The second kappa shape index (κ2) is 7.35. The lowest BCUT2D eigenvalue weighted by Crippen LogP contribution is -2.44. The number of imidazole rings is 1. The molecule has 0 aliphatic heterocycles. The molecule has 1 amide bonds. The highest BCUT2D eigenvalue weighted by Gasteiger charge is 2.21. The van der Waals surface area contributed by atoms with E-state index in [2.05, 4.69) is 15.3 Å². The molecule has 0 saturated carbocycles. The summed E-state index contributed by atoms with van der Waals surface area (Å²) in [6, 6.07) is 2.92. The van der Waals surface area contributed by atoms with Gasteiger partial charge in [-0.1, -0.05) is 0 Å².